The molecular formula is C25H33NO. The van der Waals surface area contributed by atoms with Crippen LogP contribution >= 0.6 is 0 Å². The molecule has 1 aliphatic heterocycles. The maximum absolute atomic E-state index is 5.88. The number of likely N-dealkylation sites (tertiary alicyclic amines) is 1. The van der Waals surface area contributed by atoms with Gasteiger partial charge in [0.1, 0.15) is 0 Å². The number of nitrogens with zero attached hydrogens (tertiary/aromatic N) is 1. The Hall–Kier alpha value is -1.64. The van der Waals surface area contributed by atoms with E-state index >= 15 is 0 Å². The number of hydrogen-bond donors (Lipinski definition) is 0. The van der Waals surface area contributed by atoms with Crippen LogP contribution in [0.1, 0.15) is 54.4 Å². The van der Waals surface area contributed by atoms with Gasteiger partial charge in [0.25, 0.3) is 0 Å². The van der Waals surface area contributed by atoms with E-state index in [1.54, 1.807) is 0 Å². The average Bonchev–Trinajstić information content (AvgIpc) is 2.85. The summed E-state index contributed by atoms with van der Waals surface area (Å²) in [5, 5.41) is 0. The van der Waals surface area contributed by atoms with Gasteiger partial charge in [-0.15, -0.1) is 0 Å². The first-order valence-electron chi connectivity index (χ1n) is 10.7. The van der Waals surface area contributed by atoms with Gasteiger partial charge in [0.05, 0.1) is 6.61 Å². The largest absolute Gasteiger partial charge is 0.383 e. The zero-order valence-electron chi connectivity index (χ0n) is 16.8. The topological polar surface area (TPSA) is 12.5 Å². The number of fused-ring (bicyclic) bond motifs is 2. The molecule has 0 amide bonds. The molecular weight excluding hydrogens is 330 g/mol. The van der Waals surface area contributed by atoms with Gasteiger partial charge in [-0.25, -0.2) is 0 Å². The van der Waals surface area contributed by atoms with Crippen LogP contribution < -0.4 is 0 Å². The molecule has 0 N–H and O–H groups in total. The van der Waals surface area contributed by atoms with E-state index in [1.807, 2.05) is 7.11 Å². The molecule has 1 fully saturated rings. The van der Waals surface area contributed by atoms with Gasteiger partial charge in [-0.3, -0.25) is 0 Å². The van der Waals surface area contributed by atoms with E-state index in [2.05, 4.69) is 53.4 Å². The molecule has 1 heterocycles. The van der Waals surface area contributed by atoms with Gasteiger partial charge in [-0.05, 0) is 80.4 Å². The first-order chi connectivity index (χ1) is 13.3. The molecule has 1 saturated heterocycles. The molecule has 27 heavy (non-hydrogen) atoms. The molecule has 0 saturated carbocycles. The Morgan fingerprint density at radius 3 is 2.04 bits per heavy atom. The van der Waals surface area contributed by atoms with Crippen LogP contribution in [0.15, 0.2) is 48.5 Å². The minimum absolute atomic E-state index is 0.0196. The van der Waals surface area contributed by atoms with Crippen LogP contribution in [0.2, 0.25) is 0 Å². The Labute approximate surface area is 164 Å². The number of ether oxygens (including phenoxy) is 1. The van der Waals surface area contributed by atoms with E-state index in [1.165, 1.54) is 67.6 Å². The van der Waals surface area contributed by atoms with E-state index < -0.39 is 0 Å². The molecule has 2 aliphatic rings. The van der Waals surface area contributed by atoms with Crippen molar-refractivity contribution in [3.8, 4) is 0 Å². The Bertz CT molecular complexity index is 700. The third kappa shape index (κ3) is 3.83. The Kier molecular flexibility index (Phi) is 5.95. The van der Waals surface area contributed by atoms with Crippen molar-refractivity contribution in [2.45, 2.75) is 50.4 Å². The van der Waals surface area contributed by atoms with Crippen LogP contribution in [0.3, 0.4) is 0 Å². The quantitative estimate of drug-likeness (QED) is 0.717. The Morgan fingerprint density at radius 1 is 0.852 bits per heavy atom. The van der Waals surface area contributed by atoms with Crippen LogP contribution in [-0.2, 0) is 23.0 Å². The lowest BCUT2D eigenvalue weighted by molar-refractivity contribution is 0.136. The number of hydrogen-bond acceptors (Lipinski definition) is 2. The fourth-order valence-electron chi connectivity index (χ4n) is 5.36. The third-order valence-electron chi connectivity index (χ3n) is 6.65. The van der Waals surface area contributed by atoms with Gasteiger partial charge in [-0.1, -0.05) is 55.0 Å². The molecule has 0 aromatic heterocycles. The maximum atomic E-state index is 5.88. The highest BCUT2D eigenvalue weighted by Crippen LogP contribution is 2.43. The highest BCUT2D eigenvalue weighted by molar-refractivity contribution is 5.50. The fourth-order valence-corrected chi connectivity index (χ4v) is 5.36. The molecule has 144 valence electrons. The van der Waals surface area contributed by atoms with Crippen molar-refractivity contribution in [2.75, 3.05) is 33.4 Å². The molecule has 4 rings (SSSR count). The van der Waals surface area contributed by atoms with Crippen molar-refractivity contribution < 1.29 is 4.74 Å². The number of methoxy groups -OCH3 is 1. The summed E-state index contributed by atoms with van der Waals surface area (Å²) >= 11 is 0. The maximum Gasteiger partial charge on any atom is 0.0600 e. The molecule has 0 spiro atoms. The lowest BCUT2D eigenvalue weighted by atomic mass is 9.70. The zero-order valence-corrected chi connectivity index (χ0v) is 16.8. The van der Waals surface area contributed by atoms with E-state index in [9.17, 15) is 0 Å². The smallest absolute Gasteiger partial charge is 0.0600 e. The molecule has 1 aliphatic carbocycles. The summed E-state index contributed by atoms with van der Waals surface area (Å²) in [5.74, 6) is 0. The molecule has 0 radical (unpaired) electrons. The van der Waals surface area contributed by atoms with E-state index in [0.717, 1.165) is 25.9 Å². The molecule has 2 nitrogen and oxygen atoms in total. The van der Waals surface area contributed by atoms with Crippen LogP contribution in [0.4, 0.5) is 0 Å². The molecule has 2 aromatic carbocycles. The summed E-state index contributed by atoms with van der Waals surface area (Å²) in [5.41, 5.74) is 5.98. The van der Waals surface area contributed by atoms with Gasteiger partial charge < -0.3 is 9.64 Å². The van der Waals surface area contributed by atoms with E-state index in [0.29, 0.717) is 0 Å². The summed E-state index contributed by atoms with van der Waals surface area (Å²) < 4.78 is 5.88. The van der Waals surface area contributed by atoms with Crippen LogP contribution in [0, 0.1) is 0 Å². The predicted molar refractivity (Wildman–Crippen MR) is 112 cm³/mol. The summed E-state index contributed by atoms with van der Waals surface area (Å²) in [6.45, 7) is 4.55. The van der Waals surface area contributed by atoms with E-state index in [4.69, 9.17) is 4.74 Å². The van der Waals surface area contributed by atoms with Crippen LogP contribution in [0.25, 0.3) is 0 Å². The van der Waals surface area contributed by atoms with Crippen molar-refractivity contribution in [2.24, 2.45) is 0 Å². The number of benzene rings is 2. The summed E-state index contributed by atoms with van der Waals surface area (Å²) in [7, 11) is 1.86. The van der Waals surface area contributed by atoms with Gasteiger partial charge in [0.15, 0.2) is 0 Å². The van der Waals surface area contributed by atoms with Crippen LogP contribution in [0.5, 0.6) is 0 Å². The van der Waals surface area contributed by atoms with Gasteiger partial charge >= 0.3 is 0 Å². The second-order valence-electron chi connectivity index (χ2n) is 8.34. The molecule has 0 unspecified atom stereocenters. The number of aryl methyl sites for hydroxylation is 2. The fraction of sp³-hybridized carbons (Fsp3) is 0.520. The summed E-state index contributed by atoms with van der Waals surface area (Å²) in [6.07, 6.45) is 8.79. The van der Waals surface area contributed by atoms with Crippen molar-refractivity contribution >= 4 is 0 Å². The highest BCUT2D eigenvalue weighted by Gasteiger charge is 2.38. The van der Waals surface area contributed by atoms with Gasteiger partial charge in [-0.2, -0.15) is 0 Å². The summed E-state index contributed by atoms with van der Waals surface area (Å²) in [6, 6.07) is 18.2. The van der Waals surface area contributed by atoms with Crippen molar-refractivity contribution in [3.05, 3.63) is 70.8 Å². The van der Waals surface area contributed by atoms with Crippen molar-refractivity contribution in [1.82, 2.24) is 4.90 Å². The van der Waals surface area contributed by atoms with Gasteiger partial charge in [0.2, 0.25) is 0 Å². The van der Waals surface area contributed by atoms with E-state index in [-0.39, 0.29) is 5.41 Å². The average molecular weight is 364 g/mol. The number of piperidine rings is 1. The first kappa shape index (κ1) is 18.7. The minimum Gasteiger partial charge on any atom is -0.383 e. The highest BCUT2D eigenvalue weighted by atomic mass is 16.5. The molecule has 2 heteroatoms. The molecule has 2 aromatic rings. The minimum atomic E-state index is -0.0196. The second-order valence-corrected chi connectivity index (χ2v) is 8.34. The van der Waals surface area contributed by atoms with Crippen LogP contribution in [-0.4, -0.2) is 38.3 Å². The lowest BCUT2D eigenvalue weighted by Gasteiger charge is -2.37. The second kappa shape index (κ2) is 8.58. The molecule has 0 atom stereocenters. The first-order valence-corrected chi connectivity index (χ1v) is 10.7. The third-order valence-corrected chi connectivity index (χ3v) is 6.65. The SMILES string of the molecule is COCC1(CCCN2CCCCC2)c2ccccc2CCc2ccccc21. The van der Waals surface area contributed by atoms with Crippen molar-refractivity contribution in [3.63, 3.8) is 0 Å². The zero-order chi connectivity index (χ0) is 18.5. The van der Waals surface area contributed by atoms with Crippen molar-refractivity contribution in [1.29, 1.82) is 0 Å². The van der Waals surface area contributed by atoms with Gasteiger partial charge in [0, 0.05) is 12.5 Å². The Balaban J connectivity index is 1.68. The predicted octanol–water partition coefficient (Wildman–Crippen LogP) is 4.98. The number of rotatable bonds is 6. The standard InChI is InChI=1S/C25H33NO/c1-27-20-25(16-9-19-26-17-7-2-8-18-26)23-12-5-3-10-21(23)14-15-22-11-4-6-13-24(22)25/h3-6,10-13H,2,7-9,14-20H2,1H3. The Morgan fingerprint density at radius 2 is 1.44 bits per heavy atom. The monoisotopic (exact) mass is 363 g/mol. The summed E-state index contributed by atoms with van der Waals surface area (Å²) in [4.78, 5) is 2.67. The lowest BCUT2D eigenvalue weighted by Crippen LogP contribution is -2.36. The normalized spacial score (nSPS) is 19.1. The molecule has 0 bridgehead atoms.